The lowest BCUT2D eigenvalue weighted by atomic mass is 10.2. The van der Waals surface area contributed by atoms with Gasteiger partial charge in [0.05, 0.1) is 6.21 Å². The average molecular weight is 412 g/mol. The first-order chi connectivity index (χ1) is 15.1. The highest BCUT2D eigenvalue weighted by Crippen LogP contribution is 2.18. The van der Waals surface area contributed by atoms with Crippen LogP contribution in [0.3, 0.4) is 0 Å². The van der Waals surface area contributed by atoms with Gasteiger partial charge in [0, 0.05) is 16.5 Å². The van der Waals surface area contributed by atoms with Crippen LogP contribution in [0.25, 0.3) is 11.0 Å². The second-order valence-corrected chi connectivity index (χ2v) is 6.48. The zero-order valence-corrected chi connectivity index (χ0v) is 16.1. The summed E-state index contributed by atoms with van der Waals surface area (Å²) >= 11 is 0. The maximum Gasteiger partial charge on any atom is 0.351 e. The van der Waals surface area contributed by atoms with E-state index in [0.29, 0.717) is 22.1 Å². The molecule has 0 unspecified atom stereocenters. The standard InChI is InChI=1S/C24H16N2O5/c27-22(16-8-2-1-3-9-16)26-25-15-18-11-5-7-13-21(18)31-24(29)19-14-17-10-4-6-12-20(17)30-23(19)28/h1-15H,(H,26,27)/b25-15+. The van der Waals surface area contributed by atoms with E-state index in [1.807, 2.05) is 0 Å². The Balaban J connectivity index is 1.52. The molecule has 1 amide bonds. The van der Waals surface area contributed by atoms with Crippen molar-refractivity contribution in [1.29, 1.82) is 0 Å². The fraction of sp³-hybridized carbons (Fsp3) is 0. The van der Waals surface area contributed by atoms with Crippen LogP contribution < -0.4 is 15.8 Å². The molecule has 7 nitrogen and oxygen atoms in total. The predicted octanol–water partition coefficient (Wildman–Crippen LogP) is 3.78. The SMILES string of the molecule is O=C(N/N=C/c1ccccc1OC(=O)c1cc2ccccc2oc1=O)c1ccccc1. The summed E-state index contributed by atoms with van der Waals surface area (Å²) in [6.45, 7) is 0. The number of ether oxygens (including phenoxy) is 1. The molecular formula is C24H16N2O5. The normalized spacial score (nSPS) is 10.8. The van der Waals surface area contributed by atoms with Crippen LogP contribution in [0.4, 0.5) is 0 Å². The third kappa shape index (κ3) is 4.56. The minimum absolute atomic E-state index is 0.178. The van der Waals surface area contributed by atoms with Crippen molar-refractivity contribution >= 4 is 29.1 Å². The molecule has 1 N–H and O–H groups in total. The number of fused-ring (bicyclic) bond motifs is 1. The number of hydrogen-bond donors (Lipinski definition) is 1. The van der Waals surface area contributed by atoms with E-state index >= 15 is 0 Å². The molecule has 0 saturated carbocycles. The molecular weight excluding hydrogens is 396 g/mol. The maximum atomic E-state index is 12.6. The van der Waals surface area contributed by atoms with Crippen molar-refractivity contribution in [1.82, 2.24) is 5.43 Å². The molecule has 7 heteroatoms. The summed E-state index contributed by atoms with van der Waals surface area (Å²) in [5.74, 6) is -1.05. The molecule has 0 spiro atoms. The molecule has 4 aromatic rings. The largest absolute Gasteiger partial charge is 0.422 e. The third-order valence-corrected chi connectivity index (χ3v) is 4.39. The minimum Gasteiger partial charge on any atom is -0.422 e. The van der Waals surface area contributed by atoms with Crippen LogP contribution >= 0.6 is 0 Å². The summed E-state index contributed by atoms with van der Waals surface area (Å²) in [5, 5.41) is 4.53. The highest BCUT2D eigenvalue weighted by molar-refractivity contribution is 5.96. The number of carbonyl (C=O) groups is 2. The number of carbonyl (C=O) groups excluding carboxylic acids is 2. The molecule has 1 aromatic heterocycles. The molecule has 0 aliphatic heterocycles. The van der Waals surface area contributed by atoms with E-state index in [1.165, 1.54) is 12.3 Å². The zero-order valence-electron chi connectivity index (χ0n) is 16.1. The lowest BCUT2D eigenvalue weighted by molar-refractivity contribution is 0.0730. The van der Waals surface area contributed by atoms with E-state index in [0.717, 1.165) is 0 Å². The summed E-state index contributed by atoms with van der Waals surface area (Å²) in [6.07, 6.45) is 1.35. The summed E-state index contributed by atoms with van der Waals surface area (Å²) in [5.41, 5.74) is 2.69. The summed E-state index contributed by atoms with van der Waals surface area (Å²) in [4.78, 5) is 36.9. The van der Waals surface area contributed by atoms with Gasteiger partial charge < -0.3 is 9.15 Å². The van der Waals surface area contributed by atoms with Gasteiger partial charge in [-0.05, 0) is 36.4 Å². The molecule has 0 radical (unpaired) electrons. The molecule has 0 bridgehead atoms. The average Bonchev–Trinajstić information content (AvgIpc) is 2.80. The second kappa shape index (κ2) is 8.87. The highest BCUT2D eigenvalue weighted by atomic mass is 16.5. The fourth-order valence-electron chi connectivity index (χ4n) is 2.85. The first-order valence-corrected chi connectivity index (χ1v) is 9.34. The van der Waals surface area contributed by atoms with Crippen LogP contribution in [0.15, 0.2) is 99.2 Å². The lowest BCUT2D eigenvalue weighted by Gasteiger charge is -2.07. The lowest BCUT2D eigenvalue weighted by Crippen LogP contribution is -2.19. The van der Waals surface area contributed by atoms with Crippen LogP contribution in [-0.4, -0.2) is 18.1 Å². The molecule has 152 valence electrons. The number of para-hydroxylation sites is 2. The van der Waals surface area contributed by atoms with Gasteiger partial charge in [-0.15, -0.1) is 0 Å². The Morgan fingerprint density at radius 2 is 1.61 bits per heavy atom. The van der Waals surface area contributed by atoms with Crippen molar-refractivity contribution in [3.05, 3.63) is 112 Å². The van der Waals surface area contributed by atoms with Crippen molar-refractivity contribution in [2.45, 2.75) is 0 Å². The number of hydrazone groups is 1. The molecule has 31 heavy (non-hydrogen) atoms. The quantitative estimate of drug-likeness (QED) is 0.177. The number of nitrogens with one attached hydrogen (secondary N) is 1. The minimum atomic E-state index is -0.853. The van der Waals surface area contributed by atoms with E-state index in [4.69, 9.17) is 9.15 Å². The summed E-state index contributed by atoms with van der Waals surface area (Å²) < 4.78 is 10.6. The summed E-state index contributed by atoms with van der Waals surface area (Å²) in [6, 6.07) is 23.5. The Kier molecular flexibility index (Phi) is 5.66. The Morgan fingerprint density at radius 3 is 2.45 bits per heavy atom. The molecule has 1 heterocycles. The zero-order chi connectivity index (χ0) is 21.6. The first-order valence-electron chi connectivity index (χ1n) is 9.34. The Bertz CT molecular complexity index is 1340. The molecule has 0 atom stereocenters. The van der Waals surface area contributed by atoms with Gasteiger partial charge in [-0.3, -0.25) is 4.79 Å². The monoisotopic (exact) mass is 412 g/mol. The fourth-order valence-corrected chi connectivity index (χ4v) is 2.85. The van der Waals surface area contributed by atoms with E-state index in [2.05, 4.69) is 10.5 Å². The number of rotatable bonds is 5. The highest BCUT2D eigenvalue weighted by Gasteiger charge is 2.17. The number of esters is 1. The van der Waals surface area contributed by atoms with Gasteiger partial charge in [0.15, 0.2) is 0 Å². The molecule has 3 aromatic carbocycles. The number of benzene rings is 3. The van der Waals surface area contributed by atoms with Gasteiger partial charge in [0.1, 0.15) is 16.9 Å². The third-order valence-electron chi connectivity index (χ3n) is 4.39. The van der Waals surface area contributed by atoms with Gasteiger partial charge in [-0.2, -0.15) is 5.10 Å². The Hall–Kier alpha value is -4.52. The topological polar surface area (TPSA) is 98.0 Å². The van der Waals surface area contributed by atoms with E-state index in [-0.39, 0.29) is 17.2 Å². The molecule has 4 rings (SSSR count). The van der Waals surface area contributed by atoms with Gasteiger partial charge in [-0.1, -0.05) is 48.5 Å². The molecule has 0 saturated heterocycles. The smallest absolute Gasteiger partial charge is 0.351 e. The number of amides is 1. The van der Waals surface area contributed by atoms with Gasteiger partial charge in [0.25, 0.3) is 5.91 Å². The van der Waals surface area contributed by atoms with Gasteiger partial charge in [0.2, 0.25) is 0 Å². The van der Waals surface area contributed by atoms with Crippen molar-refractivity contribution in [3.8, 4) is 5.75 Å². The number of hydrogen-bond acceptors (Lipinski definition) is 6. The van der Waals surface area contributed by atoms with Crippen molar-refractivity contribution in [3.63, 3.8) is 0 Å². The van der Waals surface area contributed by atoms with E-state index < -0.39 is 11.6 Å². The van der Waals surface area contributed by atoms with Gasteiger partial charge in [-0.25, -0.2) is 15.0 Å². The maximum absolute atomic E-state index is 12.6. The van der Waals surface area contributed by atoms with E-state index in [9.17, 15) is 14.4 Å². The Labute approximate surface area is 176 Å². The van der Waals surface area contributed by atoms with Crippen molar-refractivity contribution in [2.75, 3.05) is 0 Å². The van der Waals surface area contributed by atoms with Crippen molar-refractivity contribution < 1.29 is 18.7 Å². The van der Waals surface area contributed by atoms with Crippen LogP contribution in [0.5, 0.6) is 5.75 Å². The van der Waals surface area contributed by atoms with Crippen LogP contribution in [0.2, 0.25) is 0 Å². The first kappa shape index (κ1) is 19.8. The van der Waals surface area contributed by atoms with Crippen LogP contribution in [-0.2, 0) is 0 Å². The second-order valence-electron chi connectivity index (χ2n) is 6.48. The van der Waals surface area contributed by atoms with E-state index in [1.54, 1.807) is 78.9 Å². The number of nitrogens with zero attached hydrogens (tertiary/aromatic N) is 1. The molecule has 0 fully saturated rings. The summed E-state index contributed by atoms with van der Waals surface area (Å²) in [7, 11) is 0. The molecule has 0 aliphatic rings. The predicted molar refractivity (Wildman–Crippen MR) is 115 cm³/mol. The van der Waals surface area contributed by atoms with Crippen molar-refractivity contribution in [2.24, 2.45) is 5.10 Å². The Morgan fingerprint density at radius 1 is 0.903 bits per heavy atom. The van der Waals surface area contributed by atoms with Crippen LogP contribution in [0.1, 0.15) is 26.3 Å². The van der Waals surface area contributed by atoms with Gasteiger partial charge >= 0.3 is 11.6 Å². The van der Waals surface area contributed by atoms with Crippen LogP contribution in [0, 0.1) is 0 Å². The molecule has 0 aliphatic carbocycles.